The lowest BCUT2D eigenvalue weighted by Gasteiger charge is -2.22. The third-order valence-corrected chi connectivity index (χ3v) is 6.55. The van der Waals surface area contributed by atoms with E-state index in [1.165, 1.54) is 22.3 Å². The van der Waals surface area contributed by atoms with Crippen molar-refractivity contribution in [2.75, 3.05) is 26.2 Å². The second-order valence-electron chi connectivity index (χ2n) is 9.14. The summed E-state index contributed by atoms with van der Waals surface area (Å²) in [6.45, 7) is 1.63. The number of carboxylic acid groups (broad SMARTS) is 1. The smallest absolute Gasteiger partial charge is 0.407 e. The summed E-state index contributed by atoms with van der Waals surface area (Å²) in [5, 5.41) is 11.7. The van der Waals surface area contributed by atoms with E-state index in [0.717, 1.165) is 12.8 Å². The average Bonchev–Trinajstić information content (AvgIpc) is 3.60. The summed E-state index contributed by atoms with van der Waals surface area (Å²) in [6.07, 6.45) is 3.40. The van der Waals surface area contributed by atoms with Gasteiger partial charge in [0.25, 0.3) is 0 Å². The Bertz CT molecular complexity index is 988. The Kier molecular flexibility index (Phi) is 7.83. The molecule has 2 aliphatic rings. The first-order valence-corrected chi connectivity index (χ1v) is 12.1. The summed E-state index contributed by atoms with van der Waals surface area (Å²) < 4.78 is 5.53. The van der Waals surface area contributed by atoms with Gasteiger partial charge in [0.05, 0.1) is 6.42 Å². The molecule has 4 rings (SSSR count). The summed E-state index contributed by atoms with van der Waals surface area (Å²) in [7, 11) is 0. The van der Waals surface area contributed by atoms with Crippen molar-refractivity contribution in [1.82, 2.24) is 10.2 Å². The van der Waals surface area contributed by atoms with Crippen molar-refractivity contribution in [2.24, 2.45) is 5.92 Å². The van der Waals surface area contributed by atoms with Gasteiger partial charge in [-0.25, -0.2) is 4.79 Å². The van der Waals surface area contributed by atoms with Crippen LogP contribution in [0.3, 0.4) is 0 Å². The van der Waals surface area contributed by atoms with Crippen molar-refractivity contribution in [3.63, 3.8) is 0 Å². The number of unbranched alkanes of at least 4 members (excludes halogenated alkanes) is 1. The number of hydrogen-bond acceptors (Lipinski definition) is 4. The number of amides is 2. The fraction of sp³-hybridized carbons (Fsp3) is 0.444. The molecule has 0 unspecified atom stereocenters. The van der Waals surface area contributed by atoms with E-state index >= 15 is 0 Å². The third kappa shape index (κ3) is 6.16. The van der Waals surface area contributed by atoms with E-state index in [4.69, 9.17) is 9.84 Å². The van der Waals surface area contributed by atoms with Gasteiger partial charge in [-0.1, -0.05) is 48.5 Å². The number of carbonyl (C=O) groups excluding carboxylic acids is 2. The van der Waals surface area contributed by atoms with E-state index in [-0.39, 0.29) is 31.4 Å². The maximum absolute atomic E-state index is 12.5. The van der Waals surface area contributed by atoms with Crippen LogP contribution in [0.4, 0.5) is 4.79 Å². The Balaban J connectivity index is 1.17. The minimum Gasteiger partial charge on any atom is -0.481 e. The predicted molar refractivity (Wildman–Crippen MR) is 128 cm³/mol. The molecular weight excluding hydrogens is 432 g/mol. The Morgan fingerprint density at radius 1 is 0.941 bits per heavy atom. The van der Waals surface area contributed by atoms with Gasteiger partial charge in [0, 0.05) is 32.0 Å². The van der Waals surface area contributed by atoms with Crippen molar-refractivity contribution in [3.8, 4) is 11.1 Å². The molecule has 180 valence electrons. The van der Waals surface area contributed by atoms with Gasteiger partial charge in [-0.05, 0) is 53.9 Å². The number of carboxylic acids is 1. The summed E-state index contributed by atoms with van der Waals surface area (Å²) >= 11 is 0. The van der Waals surface area contributed by atoms with Crippen LogP contribution in [-0.2, 0) is 14.3 Å². The Hall–Kier alpha value is -3.35. The van der Waals surface area contributed by atoms with E-state index in [2.05, 4.69) is 29.6 Å². The van der Waals surface area contributed by atoms with Crippen LogP contribution >= 0.6 is 0 Å². The Morgan fingerprint density at radius 3 is 2.21 bits per heavy atom. The van der Waals surface area contributed by atoms with Crippen LogP contribution in [-0.4, -0.2) is 54.2 Å². The van der Waals surface area contributed by atoms with Gasteiger partial charge in [0.1, 0.15) is 6.61 Å². The second kappa shape index (κ2) is 11.2. The lowest BCUT2D eigenvalue weighted by atomic mass is 9.98. The van der Waals surface area contributed by atoms with E-state index in [1.807, 2.05) is 24.3 Å². The quantitative estimate of drug-likeness (QED) is 0.454. The largest absolute Gasteiger partial charge is 0.481 e. The second-order valence-corrected chi connectivity index (χ2v) is 9.14. The lowest BCUT2D eigenvalue weighted by Crippen LogP contribution is -2.34. The van der Waals surface area contributed by atoms with Crippen molar-refractivity contribution >= 4 is 18.0 Å². The standard InChI is InChI=1S/C27H32N2O5/c30-25(29(16-14-26(31)32)17-19-12-13-19)11-5-6-15-28-27(33)34-18-24-22-9-3-1-7-20(22)21-8-2-4-10-23(21)24/h1-4,7-10,19,24H,5-6,11-18H2,(H,28,33)(H,31,32). The van der Waals surface area contributed by atoms with Crippen LogP contribution in [0.2, 0.25) is 0 Å². The molecule has 7 heteroatoms. The van der Waals surface area contributed by atoms with E-state index in [9.17, 15) is 14.4 Å². The topological polar surface area (TPSA) is 95.9 Å². The molecule has 0 spiro atoms. The zero-order valence-corrected chi connectivity index (χ0v) is 19.4. The number of carbonyl (C=O) groups is 3. The van der Waals surface area contributed by atoms with Gasteiger partial charge < -0.3 is 20.1 Å². The van der Waals surface area contributed by atoms with E-state index in [0.29, 0.717) is 38.3 Å². The number of benzene rings is 2. The molecule has 7 nitrogen and oxygen atoms in total. The number of nitrogens with one attached hydrogen (secondary N) is 1. The monoisotopic (exact) mass is 464 g/mol. The summed E-state index contributed by atoms with van der Waals surface area (Å²) in [5.41, 5.74) is 4.73. The first kappa shape index (κ1) is 23.8. The number of fused-ring (bicyclic) bond motifs is 3. The molecule has 0 heterocycles. The van der Waals surface area contributed by atoms with Gasteiger partial charge in [0.2, 0.25) is 5.91 Å². The molecule has 0 radical (unpaired) electrons. The maximum atomic E-state index is 12.5. The molecule has 0 saturated heterocycles. The number of aliphatic carboxylic acids is 1. The molecule has 0 aliphatic heterocycles. The van der Waals surface area contributed by atoms with Crippen molar-refractivity contribution < 1.29 is 24.2 Å². The van der Waals surface area contributed by atoms with Crippen LogP contribution in [0, 0.1) is 5.92 Å². The first-order valence-electron chi connectivity index (χ1n) is 12.1. The molecule has 1 saturated carbocycles. The molecule has 2 N–H and O–H groups in total. The van der Waals surface area contributed by atoms with E-state index < -0.39 is 12.1 Å². The molecular formula is C27H32N2O5. The minimum absolute atomic E-state index is 0.00529. The van der Waals surface area contributed by atoms with E-state index in [1.54, 1.807) is 4.90 Å². The molecule has 0 aromatic heterocycles. The summed E-state index contributed by atoms with van der Waals surface area (Å²) in [6, 6.07) is 16.4. The van der Waals surface area contributed by atoms with Gasteiger partial charge >= 0.3 is 12.1 Å². The van der Waals surface area contributed by atoms with Gasteiger partial charge in [-0.3, -0.25) is 9.59 Å². The highest BCUT2D eigenvalue weighted by Gasteiger charge is 2.29. The highest BCUT2D eigenvalue weighted by molar-refractivity contribution is 5.79. The Morgan fingerprint density at radius 2 is 1.59 bits per heavy atom. The molecule has 2 aromatic carbocycles. The average molecular weight is 465 g/mol. The van der Waals surface area contributed by atoms with Crippen LogP contribution in [0.5, 0.6) is 0 Å². The Labute approximate surface area is 200 Å². The SMILES string of the molecule is O=C(O)CCN(CC1CC1)C(=O)CCCCNC(=O)OCC1c2ccccc2-c2ccccc21. The van der Waals surface area contributed by atoms with Crippen LogP contribution < -0.4 is 5.32 Å². The molecule has 1 fully saturated rings. The number of nitrogens with zero attached hydrogens (tertiary/aromatic N) is 1. The zero-order valence-electron chi connectivity index (χ0n) is 19.4. The highest BCUT2D eigenvalue weighted by atomic mass is 16.5. The van der Waals surface area contributed by atoms with Crippen LogP contribution in [0.1, 0.15) is 55.6 Å². The maximum Gasteiger partial charge on any atom is 0.407 e. The summed E-state index contributed by atoms with van der Waals surface area (Å²) in [5.74, 6) is -0.345. The summed E-state index contributed by atoms with van der Waals surface area (Å²) in [4.78, 5) is 37.3. The lowest BCUT2D eigenvalue weighted by molar-refractivity contribution is -0.138. The predicted octanol–water partition coefficient (Wildman–Crippen LogP) is 4.41. The fourth-order valence-electron chi connectivity index (χ4n) is 4.56. The van der Waals surface area contributed by atoms with Crippen LogP contribution in [0.15, 0.2) is 48.5 Å². The van der Waals surface area contributed by atoms with Gasteiger partial charge in [-0.15, -0.1) is 0 Å². The van der Waals surface area contributed by atoms with Gasteiger partial charge in [-0.2, -0.15) is 0 Å². The van der Waals surface area contributed by atoms with Crippen molar-refractivity contribution in [3.05, 3.63) is 59.7 Å². The first-order chi connectivity index (χ1) is 16.5. The molecule has 34 heavy (non-hydrogen) atoms. The molecule has 2 amide bonds. The highest BCUT2D eigenvalue weighted by Crippen LogP contribution is 2.44. The van der Waals surface area contributed by atoms with Gasteiger partial charge in [0.15, 0.2) is 0 Å². The molecule has 2 aliphatic carbocycles. The van der Waals surface area contributed by atoms with Crippen LogP contribution in [0.25, 0.3) is 11.1 Å². The molecule has 0 atom stereocenters. The minimum atomic E-state index is -0.888. The number of ether oxygens (including phenoxy) is 1. The molecule has 2 aromatic rings. The fourth-order valence-corrected chi connectivity index (χ4v) is 4.56. The van der Waals surface area contributed by atoms with Crippen molar-refractivity contribution in [2.45, 2.75) is 44.4 Å². The number of rotatable bonds is 12. The van der Waals surface area contributed by atoms with Crippen molar-refractivity contribution in [1.29, 1.82) is 0 Å². The zero-order chi connectivity index (χ0) is 23.9. The normalized spacial score (nSPS) is 14.2. The number of alkyl carbamates (subject to hydrolysis) is 1. The third-order valence-electron chi connectivity index (χ3n) is 6.55. The number of hydrogen-bond donors (Lipinski definition) is 2. The molecule has 0 bridgehead atoms.